The Morgan fingerprint density at radius 1 is 1.43 bits per heavy atom. The first-order valence-electron chi connectivity index (χ1n) is 6.09. The van der Waals surface area contributed by atoms with Gasteiger partial charge in [0.05, 0.1) is 6.61 Å². The standard InChI is InChI=1S/C12H12ClF2NO4S/c13-21(18,19)9-2-1-8(14)10(11(9)15)12(17)16-5-7-3-4-20-6-7/h1-2,7H,3-6H2,(H,16,17). The van der Waals surface area contributed by atoms with Gasteiger partial charge in [-0.1, -0.05) is 0 Å². The van der Waals surface area contributed by atoms with Gasteiger partial charge in [-0.15, -0.1) is 0 Å². The highest BCUT2D eigenvalue weighted by Gasteiger charge is 2.26. The molecule has 1 amide bonds. The highest BCUT2D eigenvalue weighted by atomic mass is 35.7. The van der Waals surface area contributed by atoms with Crippen molar-refractivity contribution < 1.29 is 26.7 Å². The lowest BCUT2D eigenvalue weighted by molar-refractivity contribution is 0.0936. The van der Waals surface area contributed by atoms with Crippen molar-refractivity contribution in [3.8, 4) is 0 Å². The third-order valence-corrected chi connectivity index (χ3v) is 4.46. The maximum atomic E-state index is 14.0. The van der Waals surface area contributed by atoms with Gasteiger partial charge in [0.2, 0.25) is 0 Å². The number of hydrogen-bond donors (Lipinski definition) is 1. The Morgan fingerprint density at radius 3 is 2.71 bits per heavy atom. The molecule has 0 radical (unpaired) electrons. The Kier molecular flexibility index (Phi) is 4.80. The Hall–Kier alpha value is -1.25. The van der Waals surface area contributed by atoms with E-state index in [-0.39, 0.29) is 12.5 Å². The summed E-state index contributed by atoms with van der Waals surface area (Å²) in [6.07, 6.45) is 0.737. The number of ether oxygens (including phenoxy) is 1. The molecule has 0 aromatic heterocycles. The number of amides is 1. The van der Waals surface area contributed by atoms with Gasteiger partial charge in [0.1, 0.15) is 16.3 Å². The fourth-order valence-electron chi connectivity index (χ4n) is 2.00. The summed E-state index contributed by atoms with van der Waals surface area (Å²) < 4.78 is 55.0. The molecular weight excluding hydrogens is 328 g/mol. The maximum Gasteiger partial charge on any atom is 0.264 e. The van der Waals surface area contributed by atoms with Crippen LogP contribution in [0.2, 0.25) is 0 Å². The summed E-state index contributed by atoms with van der Waals surface area (Å²) in [5.41, 5.74) is -0.962. The van der Waals surface area contributed by atoms with Crippen molar-refractivity contribution >= 4 is 25.6 Å². The molecule has 1 aromatic carbocycles. The lowest BCUT2D eigenvalue weighted by atomic mass is 10.1. The zero-order valence-corrected chi connectivity index (χ0v) is 12.3. The molecule has 116 valence electrons. The van der Waals surface area contributed by atoms with Gasteiger partial charge in [-0.2, -0.15) is 0 Å². The van der Waals surface area contributed by atoms with Crippen LogP contribution in [0.5, 0.6) is 0 Å². The summed E-state index contributed by atoms with van der Waals surface area (Å²) in [4.78, 5) is 10.9. The minimum Gasteiger partial charge on any atom is -0.381 e. The van der Waals surface area contributed by atoms with Crippen molar-refractivity contribution in [3.05, 3.63) is 29.3 Å². The number of rotatable bonds is 4. The average molecular weight is 340 g/mol. The first-order valence-corrected chi connectivity index (χ1v) is 8.40. The lowest BCUT2D eigenvalue weighted by Crippen LogP contribution is -2.31. The summed E-state index contributed by atoms with van der Waals surface area (Å²) in [7, 11) is 0.629. The van der Waals surface area contributed by atoms with Crippen molar-refractivity contribution in [2.45, 2.75) is 11.3 Å². The Balaban J connectivity index is 2.23. The topological polar surface area (TPSA) is 72.5 Å². The second kappa shape index (κ2) is 6.25. The first-order chi connectivity index (χ1) is 9.80. The zero-order chi connectivity index (χ0) is 15.6. The molecule has 1 aliphatic rings. The highest BCUT2D eigenvalue weighted by molar-refractivity contribution is 8.13. The van der Waals surface area contributed by atoms with Crippen LogP contribution >= 0.6 is 10.7 Å². The molecule has 21 heavy (non-hydrogen) atoms. The molecule has 1 atom stereocenters. The Morgan fingerprint density at radius 2 is 2.14 bits per heavy atom. The fourth-order valence-corrected chi connectivity index (χ4v) is 2.90. The van der Waals surface area contributed by atoms with Gasteiger partial charge in [0, 0.05) is 29.8 Å². The SMILES string of the molecule is O=C(NCC1CCOC1)c1c(F)ccc(S(=O)(=O)Cl)c1F. The van der Waals surface area contributed by atoms with Crippen LogP contribution in [-0.4, -0.2) is 34.1 Å². The van der Waals surface area contributed by atoms with E-state index in [2.05, 4.69) is 5.32 Å². The molecule has 0 bridgehead atoms. The van der Waals surface area contributed by atoms with Crippen LogP contribution in [0.1, 0.15) is 16.8 Å². The molecule has 1 unspecified atom stereocenters. The van der Waals surface area contributed by atoms with Crippen LogP contribution in [-0.2, 0) is 13.8 Å². The largest absolute Gasteiger partial charge is 0.381 e. The van der Waals surface area contributed by atoms with E-state index in [1.165, 1.54) is 0 Å². The van der Waals surface area contributed by atoms with Crippen molar-refractivity contribution in [1.29, 1.82) is 0 Å². The number of carbonyl (C=O) groups excluding carboxylic acids is 1. The van der Waals surface area contributed by atoms with E-state index in [1.807, 2.05) is 0 Å². The summed E-state index contributed by atoms with van der Waals surface area (Å²) in [5.74, 6) is -3.61. The van der Waals surface area contributed by atoms with Gasteiger partial charge in [0.15, 0.2) is 5.82 Å². The number of halogens is 3. The minimum atomic E-state index is -4.41. The maximum absolute atomic E-state index is 14.0. The molecule has 1 saturated heterocycles. The summed E-state index contributed by atoms with van der Waals surface area (Å²) in [5, 5.41) is 2.36. The van der Waals surface area contributed by atoms with Crippen LogP contribution in [0.4, 0.5) is 8.78 Å². The molecule has 2 rings (SSSR count). The van der Waals surface area contributed by atoms with Gasteiger partial charge in [-0.05, 0) is 18.6 Å². The number of carbonyl (C=O) groups is 1. The van der Waals surface area contributed by atoms with E-state index >= 15 is 0 Å². The van der Waals surface area contributed by atoms with E-state index in [0.29, 0.717) is 25.3 Å². The third kappa shape index (κ3) is 3.69. The van der Waals surface area contributed by atoms with Gasteiger partial charge in [0.25, 0.3) is 15.0 Å². The van der Waals surface area contributed by atoms with E-state index < -0.39 is 37.1 Å². The molecule has 1 aliphatic heterocycles. The van der Waals surface area contributed by atoms with Crippen molar-refractivity contribution in [2.75, 3.05) is 19.8 Å². The van der Waals surface area contributed by atoms with Crippen molar-refractivity contribution in [2.24, 2.45) is 5.92 Å². The van der Waals surface area contributed by atoms with Crippen LogP contribution in [0.25, 0.3) is 0 Å². The van der Waals surface area contributed by atoms with E-state index in [9.17, 15) is 22.0 Å². The van der Waals surface area contributed by atoms with E-state index in [1.54, 1.807) is 0 Å². The van der Waals surface area contributed by atoms with E-state index in [0.717, 1.165) is 6.42 Å². The molecule has 1 aromatic rings. The predicted molar refractivity (Wildman–Crippen MR) is 70.7 cm³/mol. The number of nitrogens with one attached hydrogen (secondary N) is 1. The van der Waals surface area contributed by atoms with Gasteiger partial charge >= 0.3 is 0 Å². The van der Waals surface area contributed by atoms with Crippen LogP contribution in [0.15, 0.2) is 17.0 Å². The average Bonchev–Trinajstić information content (AvgIpc) is 2.87. The Labute approximate surface area is 124 Å². The smallest absolute Gasteiger partial charge is 0.264 e. The summed E-state index contributed by atoms with van der Waals surface area (Å²) in [6, 6.07) is 1.36. The normalized spacial score (nSPS) is 18.7. The summed E-state index contributed by atoms with van der Waals surface area (Å²) >= 11 is 0. The van der Waals surface area contributed by atoms with Crippen LogP contribution in [0, 0.1) is 17.6 Å². The second-order valence-electron chi connectivity index (χ2n) is 4.61. The number of hydrogen-bond acceptors (Lipinski definition) is 4. The molecule has 0 aliphatic carbocycles. The fraction of sp³-hybridized carbons (Fsp3) is 0.417. The van der Waals surface area contributed by atoms with Gasteiger partial charge in [-0.25, -0.2) is 17.2 Å². The van der Waals surface area contributed by atoms with Crippen molar-refractivity contribution in [3.63, 3.8) is 0 Å². The van der Waals surface area contributed by atoms with Crippen molar-refractivity contribution in [1.82, 2.24) is 5.32 Å². The van der Waals surface area contributed by atoms with Gasteiger partial charge in [-0.3, -0.25) is 4.79 Å². The van der Waals surface area contributed by atoms with Crippen LogP contribution < -0.4 is 5.32 Å². The molecular formula is C12H12ClF2NO4S. The second-order valence-corrected chi connectivity index (χ2v) is 7.15. The molecule has 1 N–H and O–H groups in total. The van der Waals surface area contributed by atoms with E-state index in [4.69, 9.17) is 15.4 Å². The molecule has 1 heterocycles. The highest BCUT2D eigenvalue weighted by Crippen LogP contribution is 2.24. The molecule has 5 nitrogen and oxygen atoms in total. The lowest BCUT2D eigenvalue weighted by Gasteiger charge is -2.11. The number of benzene rings is 1. The third-order valence-electron chi connectivity index (χ3n) is 3.12. The molecule has 9 heteroatoms. The zero-order valence-electron chi connectivity index (χ0n) is 10.7. The molecule has 0 spiro atoms. The quantitative estimate of drug-likeness (QED) is 0.847. The molecule has 1 fully saturated rings. The monoisotopic (exact) mass is 339 g/mol. The van der Waals surface area contributed by atoms with Crippen LogP contribution in [0.3, 0.4) is 0 Å². The first kappa shape index (κ1) is 16.1. The predicted octanol–water partition coefficient (Wildman–Crippen LogP) is 1.66. The van der Waals surface area contributed by atoms with Gasteiger partial charge < -0.3 is 10.1 Å². The Bertz CT molecular complexity index is 659. The summed E-state index contributed by atoms with van der Waals surface area (Å²) in [6.45, 7) is 1.22. The minimum absolute atomic E-state index is 0.0695. The molecule has 0 saturated carbocycles.